The van der Waals surface area contributed by atoms with Gasteiger partial charge in [-0.3, -0.25) is 9.69 Å². The van der Waals surface area contributed by atoms with Crippen molar-refractivity contribution in [3.8, 4) is 12.1 Å². The van der Waals surface area contributed by atoms with Crippen LogP contribution >= 0.6 is 11.3 Å². The number of carbonyl (C=O) groups is 1. The number of amides is 1. The molecule has 0 radical (unpaired) electrons. The third-order valence-corrected chi connectivity index (χ3v) is 10.8. The zero-order valence-electron chi connectivity index (χ0n) is 24.9. The molecule has 0 saturated carbocycles. The molecular weight excluding hydrogens is 603 g/mol. The molecule has 0 bridgehead atoms. The van der Waals surface area contributed by atoms with Gasteiger partial charge in [-0.15, -0.1) is 11.3 Å². The largest absolute Gasteiger partial charge is 0.461 e. The predicted octanol–water partition coefficient (Wildman–Crippen LogP) is 4.95. The summed E-state index contributed by atoms with van der Waals surface area (Å²) in [5.41, 5.74) is 2.24. The Morgan fingerprint density at radius 2 is 1.93 bits per heavy atom. The lowest BCUT2D eigenvalue weighted by atomic mass is 9.95. The number of nitrogens with zero attached hydrogens (tertiary/aromatic N) is 7. The molecule has 3 aromatic rings. The summed E-state index contributed by atoms with van der Waals surface area (Å²) in [6, 6.07) is 7.15. The van der Waals surface area contributed by atoms with Gasteiger partial charge in [-0.05, 0) is 57.3 Å². The van der Waals surface area contributed by atoms with Crippen molar-refractivity contribution in [3.05, 3.63) is 52.8 Å². The highest BCUT2D eigenvalue weighted by Crippen LogP contribution is 2.41. The van der Waals surface area contributed by atoms with Gasteiger partial charge in [-0.2, -0.15) is 19.6 Å². The molecule has 6 heterocycles. The van der Waals surface area contributed by atoms with E-state index in [-0.39, 0.29) is 36.4 Å². The Morgan fingerprint density at radius 1 is 1.13 bits per heavy atom. The lowest BCUT2D eigenvalue weighted by Gasteiger charge is -2.42. The van der Waals surface area contributed by atoms with Crippen LogP contribution in [0.3, 0.4) is 0 Å². The number of aromatic nitrogens is 2. The Kier molecular flexibility index (Phi) is 7.81. The predicted molar refractivity (Wildman–Crippen MR) is 165 cm³/mol. The number of carbonyl (C=O) groups excluding carboxylic acids is 1. The Hall–Kier alpha value is -3.89. The summed E-state index contributed by atoms with van der Waals surface area (Å²) in [6.45, 7) is 7.51. The summed E-state index contributed by atoms with van der Waals surface area (Å²) in [5.74, 6) is -2.03. The van der Waals surface area contributed by atoms with Crippen molar-refractivity contribution in [2.45, 2.75) is 56.7 Å². The first-order valence-corrected chi connectivity index (χ1v) is 16.3. The molecule has 1 atom stereocenters. The van der Waals surface area contributed by atoms with Gasteiger partial charge in [-0.1, -0.05) is 12.6 Å². The number of piperazine rings is 1. The Bertz CT molecular complexity index is 1700. The van der Waals surface area contributed by atoms with E-state index in [9.17, 15) is 23.2 Å². The van der Waals surface area contributed by atoms with Gasteiger partial charge < -0.3 is 19.4 Å². The van der Waals surface area contributed by atoms with Crippen LogP contribution < -0.4 is 14.5 Å². The molecule has 0 unspecified atom stereocenters. The lowest BCUT2D eigenvalue weighted by molar-refractivity contribution is -0.131. The molecule has 1 amide bonds. The Labute approximate surface area is 263 Å². The second-order valence-electron chi connectivity index (χ2n) is 12.3. The number of hydrogen-bond acceptors (Lipinski definition) is 9. The first-order valence-electron chi connectivity index (χ1n) is 15.4. The first kappa shape index (κ1) is 29.8. The van der Waals surface area contributed by atoms with E-state index >= 15 is 0 Å². The first-order chi connectivity index (χ1) is 21.8. The van der Waals surface area contributed by atoms with E-state index < -0.39 is 28.7 Å². The van der Waals surface area contributed by atoms with E-state index in [1.54, 1.807) is 18.2 Å². The number of ether oxygens (including phenoxy) is 1. The van der Waals surface area contributed by atoms with Crippen LogP contribution in [-0.2, 0) is 17.8 Å². The van der Waals surface area contributed by atoms with Crippen LogP contribution in [0, 0.1) is 22.3 Å². The van der Waals surface area contributed by atoms with Crippen LogP contribution in [0.4, 0.5) is 24.7 Å². The zero-order chi connectivity index (χ0) is 31.3. The SMILES string of the molecule is C=C(F)C(=O)N1CCN(c2nc(OCC34CCCN3CCC4)nc3c2CCN(c2cccc4sc(F)c(F)c24)C3)C[C@@H]1CC#N. The van der Waals surface area contributed by atoms with Crippen molar-refractivity contribution in [3.63, 3.8) is 0 Å². The van der Waals surface area contributed by atoms with E-state index in [0.717, 1.165) is 61.4 Å². The minimum Gasteiger partial charge on any atom is -0.461 e. The third kappa shape index (κ3) is 5.27. The number of nitriles is 1. The third-order valence-electron chi connectivity index (χ3n) is 9.84. The van der Waals surface area contributed by atoms with Crippen molar-refractivity contribution >= 4 is 38.8 Å². The summed E-state index contributed by atoms with van der Waals surface area (Å²) < 4.78 is 49.9. The van der Waals surface area contributed by atoms with Crippen molar-refractivity contribution < 1.29 is 22.7 Å². The maximum atomic E-state index is 14.9. The molecule has 2 aromatic heterocycles. The maximum Gasteiger partial charge on any atom is 0.318 e. The number of fused-ring (bicyclic) bond motifs is 3. The quantitative estimate of drug-likeness (QED) is 0.337. The van der Waals surface area contributed by atoms with Gasteiger partial charge in [0, 0.05) is 42.1 Å². The highest BCUT2D eigenvalue weighted by atomic mass is 32.1. The Morgan fingerprint density at radius 3 is 2.69 bits per heavy atom. The van der Waals surface area contributed by atoms with Crippen molar-refractivity contribution in [1.82, 2.24) is 19.8 Å². The van der Waals surface area contributed by atoms with Crippen LogP contribution in [0.15, 0.2) is 30.6 Å². The molecule has 0 spiro atoms. The van der Waals surface area contributed by atoms with Gasteiger partial charge in [0.1, 0.15) is 12.4 Å². The number of hydrogen-bond donors (Lipinski definition) is 0. The molecule has 3 fully saturated rings. The number of anilines is 2. The maximum absolute atomic E-state index is 14.9. The zero-order valence-corrected chi connectivity index (χ0v) is 25.7. The lowest BCUT2D eigenvalue weighted by Crippen LogP contribution is -2.55. The fourth-order valence-corrected chi connectivity index (χ4v) is 8.49. The molecule has 13 heteroatoms. The minimum atomic E-state index is -1.05. The molecule has 7 rings (SSSR count). The smallest absolute Gasteiger partial charge is 0.318 e. The van der Waals surface area contributed by atoms with Crippen LogP contribution in [-0.4, -0.2) is 83.1 Å². The van der Waals surface area contributed by atoms with Gasteiger partial charge in [0.15, 0.2) is 11.6 Å². The molecule has 0 N–H and O–H groups in total. The molecule has 45 heavy (non-hydrogen) atoms. The molecule has 4 aliphatic rings. The Balaban J connectivity index is 1.23. The molecule has 0 aliphatic carbocycles. The number of rotatable bonds is 7. The van der Waals surface area contributed by atoms with E-state index in [1.807, 2.05) is 9.80 Å². The van der Waals surface area contributed by atoms with Gasteiger partial charge >= 0.3 is 6.01 Å². The van der Waals surface area contributed by atoms with Crippen molar-refractivity contribution in [2.75, 3.05) is 55.7 Å². The van der Waals surface area contributed by atoms with E-state index in [2.05, 4.69) is 17.5 Å². The standard InChI is InChI=1S/C32H34F3N7O2S/c1-20(33)30(43)42-16-15-40(17-21(42)7-11-36)29-22-8-14-39(24-5-2-6-25-26(24)27(34)28(35)45-25)18-23(22)37-31(38-29)44-19-32-9-3-12-41(32)13-4-10-32/h2,5-6,21H,1,3-4,7-10,12-19H2/t21-/m0/s1. The topological polar surface area (TPSA) is 88.8 Å². The normalized spacial score (nSPS) is 21.1. The summed E-state index contributed by atoms with van der Waals surface area (Å²) >= 11 is 0.795. The van der Waals surface area contributed by atoms with Crippen LogP contribution in [0.25, 0.3) is 10.1 Å². The summed E-state index contributed by atoms with van der Waals surface area (Å²) in [4.78, 5) is 30.2. The molecular formula is C32H34F3N7O2S. The molecule has 1 aromatic carbocycles. The molecule has 9 nitrogen and oxygen atoms in total. The molecule has 236 valence electrons. The average Bonchev–Trinajstić information content (AvgIpc) is 3.71. The van der Waals surface area contributed by atoms with Gasteiger partial charge in [0.25, 0.3) is 5.91 Å². The van der Waals surface area contributed by atoms with Gasteiger partial charge in [-0.25, -0.2) is 8.78 Å². The second kappa shape index (κ2) is 11.8. The summed E-state index contributed by atoms with van der Waals surface area (Å²) in [7, 11) is 0. The highest BCUT2D eigenvalue weighted by Gasteiger charge is 2.45. The average molecular weight is 638 g/mol. The van der Waals surface area contributed by atoms with Crippen molar-refractivity contribution in [1.29, 1.82) is 5.26 Å². The van der Waals surface area contributed by atoms with E-state index in [1.165, 1.54) is 4.90 Å². The molecule has 3 saturated heterocycles. The molecule has 4 aliphatic heterocycles. The fourth-order valence-electron chi connectivity index (χ4n) is 7.66. The van der Waals surface area contributed by atoms with E-state index in [0.29, 0.717) is 48.9 Å². The van der Waals surface area contributed by atoms with Gasteiger partial charge in [0.05, 0.1) is 41.7 Å². The van der Waals surface area contributed by atoms with Crippen LogP contribution in [0.1, 0.15) is 43.4 Å². The fraction of sp³-hybridized carbons (Fsp3) is 0.500. The summed E-state index contributed by atoms with van der Waals surface area (Å²) in [5, 5.41) is 8.94. The van der Waals surface area contributed by atoms with Gasteiger partial charge in [0.2, 0.25) is 5.13 Å². The van der Waals surface area contributed by atoms with Crippen LogP contribution in [0.5, 0.6) is 6.01 Å². The second-order valence-corrected chi connectivity index (χ2v) is 13.3. The van der Waals surface area contributed by atoms with Crippen LogP contribution in [0.2, 0.25) is 0 Å². The summed E-state index contributed by atoms with van der Waals surface area (Å²) in [6.07, 6.45) is 4.97. The monoisotopic (exact) mass is 637 g/mol. The minimum absolute atomic E-state index is 0.0136. The highest BCUT2D eigenvalue weighted by molar-refractivity contribution is 7.17. The van der Waals surface area contributed by atoms with E-state index in [4.69, 9.17) is 14.7 Å². The number of halogens is 3. The number of benzene rings is 1. The van der Waals surface area contributed by atoms with Crippen molar-refractivity contribution in [2.24, 2.45) is 0 Å². The number of thiophene rings is 1.